The van der Waals surface area contributed by atoms with Crippen molar-refractivity contribution in [1.82, 2.24) is 10.4 Å². The largest absolute Gasteiger partial charge is 0.361 e. The predicted molar refractivity (Wildman–Crippen MR) is 89.8 cm³/mol. The maximum atomic E-state index is 11.9. The minimum atomic E-state index is -0.300. The van der Waals surface area contributed by atoms with E-state index in [4.69, 9.17) is 23.2 Å². The fourth-order valence-electron chi connectivity index (χ4n) is 2.05. The third-order valence-corrected chi connectivity index (χ3v) is 3.64. The second-order valence-corrected chi connectivity index (χ2v) is 5.51. The number of fused-ring (bicyclic) bond motifs is 1. The third-order valence-electron chi connectivity index (χ3n) is 3.15. The van der Waals surface area contributed by atoms with Crippen molar-refractivity contribution in [2.75, 3.05) is 0 Å². The van der Waals surface area contributed by atoms with Crippen LogP contribution in [0.2, 0.25) is 10.0 Å². The maximum absolute atomic E-state index is 11.9. The fraction of sp³-hybridized carbons (Fsp3) is 0. The molecule has 0 fully saturated rings. The first-order valence-corrected chi connectivity index (χ1v) is 7.25. The van der Waals surface area contributed by atoms with Gasteiger partial charge < -0.3 is 4.98 Å². The lowest BCUT2D eigenvalue weighted by Crippen LogP contribution is -2.17. The molecule has 0 saturated heterocycles. The van der Waals surface area contributed by atoms with Crippen molar-refractivity contribution in [2.24, 2.45) is 5.10 Å². The molecule has 4 nitrogen and oxygen atoms in total. The summed E-state index contributed by atoms with van der Waals surface area (Å²) in [5, 5.41) is 6.14. The van der Waals surface area contributed by atoms with E-state index in [1.165, 1.54) is 0 Å². The van der Waals surface area contributed by atoms with Gasteiger partial charge in [-0.05, 0) is 42.5 Å². The number of carbonyl (C=O) groups excluding carboxylic acids is 1. The van der Waals surface area contributed by atoms with Crippen molar-refractivity contribution in [3.8, 4) is 0 Å². The highest BCUT2D eigenvalue weighted by atomic mass is 35.5. The van der Waals surface area contributed by atoms with E-state index in [2.05, 4.69) is 15.5 Å². The fourth-order valence-corrected chi connectivity index (χ4v) is 2.35. The molecule has 0 atom stereocenters. The number of carbonyl (C=O) groups is 1. The first-order valence-electron chi connectivity index (χ1n) is 6.49. The number of hydrazone groups is 1. The molecule has 1 heterocycles. The second kappa shape index (κ2) is 6.22. The maximum Gasteiger partial charge on any atom is 0.271 e. The predicted octanol–water partition coefficient (Wildman–Crippen LogP) is 4.24. The van der Waals surface area contributed by atoms with Crippen LogP contribution in [0.3, 0.4) is 0 Å². The van der Waals surface area contributed by atoms with Gasteiger partial charge in [-0.1, -0.05) is 23.2 Å². The van der Waals surface area contributed by atoms with Crippen LogP contribution < -0.4 is 5.43 Å². The quantitative estimate of drug-likeness (QED) is 0.547. The van der Waals surface area contributed by atoms with Gasteiger partial charge in [-0.3, -0.25) is 4.79 Å². The Labute approximate surface area is 136 Å². The smallest absolute Gasteiger partial charge is 0.271 e. The zero-order chi connectivity index (χ0) is 15.5. The lowest BCUT2D eigenvalue weighted by atomic mass is 10.2. The van der Waals surface area contributed by atoms with Crippen LogP contribution in [0.4, 0.5) is 0 Å². The number of nitrogens with one attached hydrogen (secondary N) is 2. The average Bonchev–Trinajstić information content (AvgIpc) is 2.90. The molecule has 0 saturated carbocycles. The Balaban J connectivity index is 1.74. The Morgan fingerprint density at radius 3 is 2.59 bits per heavy atom. The average molecular weight is 332 g/mol. The van der Waals surface area contributed by atoms with Gasteiger partial charge in [0.2, 0.25) is 0 Å². The minimum Gasteiger partial charge on any atom is -0.361 e. The second-order valence-electron chi connectivity index (χ2n) is 4.64. The van der Waals surface area contributed by atoms with Gasteiger partial charge in [0.15, 0.2) is 0 Å². The van der Waals surface area contributed by atoms with E-state index in [-0.39, 0.29) is 5.91 Å². The van der Waals surface area contributed by atoms with Crippen molar-refractivity contribution >= 4 is 46.2 Å². The topological polar surface area (TPSA) is 57.2 Å². The molecule has 0 aliphatic heterocycles. The molecule has 0 aliphatic carbocycles. The van der Waals surface area contributed by atoms with Gasteiger partial charge >= 0.3 is 0 Å². The summed E-state index contributed by atoms with van der Waals surface area (Å²) in [6.07, 6.45) is 3.38. The van der Waals surface area contributed by atoms with Gasteiger partial charge in [0.05, 0.1) is 6.21 Å². The highest BCUT2D eigenvalue weighted by molar-refractivity contribution is 6.31. The highest BCUT2D eigenvalue weighted by Gasteiger charge is 2.04. The zero-order valence-electron chi connectivity index (χ0n) is 11.3. The highest BCUT2D eigenvalue weighted by Crippen LogP contribution is 2.21. The van der Waals surface area contributed by atoms with E-state index < -0.39 is 0 Å². The van der Waals surface area contributed by atoms with Crippen LogP contribution in [0.25, 0.3) is 10.9 Å². The first kappa shape index (κ1) is 14.6. The summed E-state index contributed by atoms with van der Waals surface area (Å²) < 4.78 is 0. The number of amides is 1. The Kier molecular flexibility index (Phi) is 4.13. The molecular formula is C16H11Cl2N3O. The Morgan fingerprint density at radius 2 is 1.82 bits per heavy atom. The molecule has 0 radical (unpaired) electrons. The standard InChI is InChI=1S/C16H11Cl2N3O/c17-12-3-1-10(2-4-12)16(22)21-20-9-11-8-19-15-6-5-13(18)7-14(11)15/h1-9,19H,(H,21,22)/b20-9+. The van der Waals surface area contributed by atoms with Crippen LogP contribution in [0.5, 0.6) is 0 Å². The number of halogens is 2. The van der Waals surface area contributed by atoms with Crippen molar-refractivity contribution < 1.29 is 4.79 Å². The monoisotopic (exact) mass is 331 g/mol. The molecule has 1 aromatic heterocycles. The number of hydrogen-bond donors (Lipinski definition) is 2. The Hall–Kier alpha value is -2.30. The van der Waals surface area contributed by atoms with Crippen LogP contribution in [0, 0.1) is 0 Å². The molecule has 1 amide bonds. The summed E-state index contributed by atoms with van der Waals surface area (Å²) in [5.41, 5.74) is 4.76. The molecule has 0 spiro atoms. The molecule has 3 rings (SSSR count). The van der Waals surface area contributed by atoms with E-state index in [1.807, 2.05) is 18.2 Å². The number of aromatic nitrogens is 1. The van der Waals surface area contributed by atoms with Crippen LogP contribution in [0.1, 0.15) is 15.9 Å². The normalized spacial score (nSPS) is 11.2. The SMILES string of the molecule is O=C(N/N=C/c1c[nH]c2ccc(Cl)cc12)c1ccc(Cl)cc1. The third kappa shape index (κ3) is 3.13. The van der Waals surface area contributed by atoms with E-state index in [1.54, 1.807) is 36.7 Å². The molecule has 2 N–H and O–H groups in total. The molecule has 2 aromatic carbocycles. The van der Waals surface area contributed by atoms with Crippen molar-refractivity contribution in [3.63, 3.8) is 0 Å². The van der Waals surface area contributed by atoms with Gasteiger partial charge in [0.25, 0.3) is 5.91 Å². The van der Waals surface area contributed by atoms with Crippen LogP contribution in [-0.2, 0) is 0 Å². The Bertz CT molecular complexity index is 853. The zero-order valence-corrected chi connectivity index (χ0v) is 12.8. The number of aromatic amines is 1. The number of nitrogens with zero attached hydrogens (tertiary/aromatic N) is 1. The lowest BCUT2D eigenvalue weighted by molar-refractivity contribution is 0.0955. The summed E-state index contributed by atoms with van der Waals surface area (Å²) >= 11 is 11.8. The van der Waals surface area contributed by atoms with Crippen LogP contribution in [0.15, 0.2) is 53.8 Å². The van der Waals surface area contributed by atoms with Crippen molar-refractivity contribution in [3.05, 3.63) is 69.8 Å². The van der Waals surface area contributed by atoms with Crippen molar-refractivity contribution in [1.29, 1.82) is 0 Å². The van der Waals surface area contributed by atoms with Gasteiger partial charge in [-0.2, -0.15) is 5.10 Å². The number of hydrogen-bond acceptors (Lipinski definition) is 2. The summed E-state index contributed by atoms with van der Waals surface area (Å²) in [6.45, 7) is 0. The molecule has 6 heteroatoms. The van der Waals surface area contributed by atoms with Gasteiger partial charge in [0.1, 0.15) is 0 Å². The minimum absolute atomic E-state index is 0.300. The molecular weight excluding hydrogens is 321 g/mol. The van der Waals surface area contributed by atoms with Gasteiger partial charge in [-0.15, -0.1) is 0 Å². The summed E-state index contributed by atoms with van der Waals surface area (Å²) in [4.78, 5) is 15.0. The summed E-state index contributed by atoms with van der Waals surface area (Å²) in [7, 11) is 0. The van der Waals surface area contributed by atoms with E-state index in [0.717, 1.165) is 16.5 Å². The van der Waals surface area contributed by atoms with Gasteiger partial charge in [0, 0.05) is 38.3 Å². The first-order chi connectivity index (χ1) is 10.6. The molecule has 3 aromatic rings. The Morgan fingerprint density at radius 1 is 1.09 bits per heavy atom. The van der Waals surface area contributed by atoms with Gasteiger partial charge in [-0.25, -0.2) is 5.43 Å². The van der Waals surface area contributed by atoms with E-state index >= 15 is 0 Å². The number of benzene rings is 2. The lowest BCUT2D eigenvalue weighted by Gasteiger charge is -1.99. The molecule has 0 bridgehead atoms. The number of H-pyrrole nitrogens is 1. The summed E-state index contributed by atoms with van der Waals surface area (Å²) in [6, 6.07) is 12.1. The summed E-state index contributed by atoms with van der Waals surface area (Å²) in [5.74, 6) is -0.300. The van der Waals surface area contributed by atoms with E-state index in [0.29, 0.717) is 15.6 Å². The molecule has 0 aliphatic rings. The number of rotatable bonds is 3. The van der Waals surface area contributed by atoms with Crippen molar-refractivity contribution in [2.45, 2.75) is 0 Å². The molecule has 110 valence electrons. The van der Waals surface area contributed by atoms with E-state index in [9.17, 15) is 4.79 Å². The molecule has 22 heavy (non-hydrogen) atoms. The van der Waals surface area contributed by atoms with Crippen LogP contribution in [-0.4, -0.2) is 17.1 Å². The van der Waals surface area contributed by atoms with Crippen LogP contribution >= 0.6 is 23.2 Å². The molecule has 0 unspecified atom stereocenters.